The van der Waals surface area contributed by atoms with Crippen molar-refractivity contribution in [1.29, 1.82) is 0 Å². The lowest BCUT2D eigenvalue weighted by Gasteiger charge is -2.14. The summed E-state index contributed by atoms with van der Waals surface area (Å²) in [6, 6.07) is 1.62. The van der Waals surface area contributed by atoms with Crippen molar-refractivity contribution in [2.75, 3.05) is 21.3 Å². The molecule has 0 unspecified atom stereocenters. The summed E-state index contributed by atoms with van der Waals surface area (Å²) in [4.78, 5) is 17.3. The van der Waals surface area contributed by atoms with Crippen molar-refractivity contribution in [3.63, 3.8) is 0 Å². The number of methoxy groups -OCH3 is 3. The van der Waals surface area contributed by atoms with Crippen molar-refractivity contribution in [1.82, 2.24) is 19.3 Å². The summed E-state index contributed by atoms with van der Waals surface area (Å²) >= 11 is 0. The van der Waals surface area contributed by atoms with Crippen molar-refractivity contribution < 1.29 is 14.2 Å². The molecular weight excluding hydrogens is 324 g/mol. The highest BCUT2D eigenvalue weighted by Gasteiger charge is 2.19. The highest BCUT2D eigenvalue weighted by molar-refractivity contribution is 5.89. The second-order valence-electron chi connectivity index (χ2n) is 5.42. The van der Waals surface area contributed by atoms with Crippen molar-refractivity contribution in [2.24, 2.45) is 0 Å². The zero-order valence-corrected chi connectivity index (χ0v) is 14.6. The molecule has 1 aromatic carbocycles. The molecule has 8 heteroatoms. The van der Waals surface area contributed by atoms with Gasteiger partial charge in [0.1, 0.15) is 5.52 Å². The van der Waals surface area contributed by atoms with Gasteiger partial charge < -0.3 is 14.2 Å². The fourth-order valence-corrected chi connectivity index (χ4v) is 2.74. The first kappa shape index (κ1) is 16.8. The summed E-state index contributed by atoms with van der Waals surface area (Å²) in [6.07, 6.45) is 5.16. The van der Waals surface area contributed by atoms with Crippen LogP contribution >= 0.6 is 0 Å². The number of hydrogen-bond donors (Lipinski definition) is 0. The molecule has 0 radical (unpaired) electrons. The average Bonchev–Trinajstić information content (AvgIpc) is 3.10. The molecule has 8 nitrogen and oxygen atoms in total. The van der Waals surface area contributed by atoms with Crippen LogP contribution in [-0.2, 0) is 13.1 Å². The summed E-state index contributed by atoms with van der Waals surface area (Å²) in [5.41, 5.74) is 1.18. The molecule has 0 atom stereocenters. The van der Waals surface area contributed by atoms with E-state index in [4.69, 9.17) is 14.2 Å². The van der Waals surface area contributed by atoms with E-state index in [1.54, 1.807) is 12.3 Å². The predicted molar refractivity (Wildman–Crippen MR) is 92.7 cm³/mol. The Balaban J connectivity index is 2.14. The topological polar surface area (TPSA) is 80.4 Å². The molecule has 2 aromatic heterocycles. The normalized spacial score (nSPS) is 10.9. The minimum atomic E-state index is -0.187. The van der Waals surface area contributed by atoms with E-state index >= 15 is 0 Å². The van der Waals surface area contributed by atoms with E-state index in [0.717, 1.165) is 12.1 Å². The summed E-state index contributed by atoms with van der Waals surface area (Å²) < 4.78 is 19.4. The largest absolute Gasteiger partial charge is 0.493 e. The smallest absolute Gasteiger partial charge is 0.261 e. The third-order valence-electron chi connectivity index (χ3n) is 3.98. The fraction of sp³-hybridized carbons (Fsp3) is 0.353. The number of aromatic nitrogens is 4. The molecule has 0 N–H and O–H groups in total. The van der Waals surface area contributed by atoms with Crippen LogP contribution in [0, 0.1) is 0 Å². The highest BCUT2D eigenvalue weighted by Crippen LogP contribution is 2.41. The van der Waals surface area contributed by atoms with E-state index in [-0.39, 0.29) is 5.56 Å². The van der Waals surface area contributed by atoms with Gasteiger partial charge in [-0.05, 0) is 13.0 Å². The van der Waals surface area contributed by atoms with Crippen LogP contribution in [0.4, 0.5) is 0 Å². The number of nitrogens with zero attached hydrogens (tertiary/aromatic N) is 4. The molecule has 0 saturated heterocycles. The van der Waals surface area contributed by atoms with E-state index in [1.807, 2.05) is 17.8 Å². The molecule has 0 aliphatic heterocycles. The van der Waals surface area contributed by atoms with Gasteiger partial charge in [-0.15, -0.1) is 0 Å². The van der Waals surface area contributed by atoms with Crippen LogP contribution in [0.3, 0.4) is 0 Å². The number of rotatable bonds is 6. The van der Waals surface area contributed by atoms with Crippen LogP contribution in [0.25, 0.3) is 10.9 Å². The molecule has 132 valence electrons. The maximum Gasteiger partial charge on any atom is 0.261 e. The van der Waals surface area contributed by atoms with Crippen LogP contribution in [0.15, 0.2) is 29.6 Å². The Morgan fingerprint density at radius 1 is 1.12 bits per heavy atom. The summed E-state index contributed by atoms with van der Waals surface area (Å²) in [5, 5.41) is 4.63. The van der Waals surface area contributed by atoms with Crippen molar-refractivity contribution in [3.05, 3.63) is 40.7 Å². The molecule has 0 saturated carbocycles. The summed E-state index contributed by atoms with van der Waals surface area (Å²) in [5.74, 6) is 1.20. The van der Waals surface area contributed by atoms with E-state index in [2.05, 4.69) is 10.1 Å². The van der Waals surface area contributed by atoms with Crippen LogP contribution < -0.4 is 19.8 Å². The second kappa shape index (κ2) is 6.84. The first-order chi connectivity index (χ1) is 12.1. The van der Waals surface area contributed by atoms with Gasteiger partial charge in [-0.1, -0.05) is 0 Å². The molecule has 3 aromatic rings. The standard InChI is InChI=1S/C17H20N4O4/c1-5-21-9-11(7-19-21)8-20-10-18-14-12(17(20)22)6-13(23-2)15(24-3)16(14)25-4/h6-7,9-10H,5,8H2,1-4H3. The number of ether oxygens (including phenoxy) is 3. The third kappa shape index (κ3) is 2.90. The van der Waals surface area contributed by atoms with Crippen molar-refractivity contribution in [3.8, 4) is 17.2 Å². The van der Waals surface area contributed by atoms with Crippen molar-refractivity contribution in [2.45, 2.75) is 20.0 Å². The molecule has 0 spiro atoms. The lowest BCUT2D eigenvalue weighted by atomic mass is 10.2. The van der Waals surface area contributed by atoms with Gasteiger partial charge in [0.2, 0.25) is 5.75 Å². The van der Waals surface area contributed by atoms with Gasteiger partial charge in [0.15, 0.2) is 11.5 Å². The van der Waals surface area contributed by atoms with E-state index in [0.29, 0.717) is 34.7 Å². The molecule has 0 aliphatic carbocycles. The molecule has 3 rings (SSSR count). The van der Waals surface area contributed by atoms with Gasteiger partial charge in [0, 0.05) is 18.3 Å². The van der Waals surface area contributed by atoms with Gasteiger partial charge in [0.25, 0.3) is 5.56 Å². The molecule has 0 amide bonds. The molecular formula is C17H20N4O4. The Hall–Kier alpha value is -3.03. The maximum atomic E-state index is 12.9. The van der Waals surface area contributed by atoms with Gasteiger partial charge in [-0.3, -0.25) is 14.0 Å². The Morgan fingerprint density at radius 2 is 1.88 bits per heavy atom. The summed E-state index contributed by atoms with van der Waals surface area (Å²) in [7, 11) is 4.53. The minimum absolute atomic E-state index is 0.187. The SMILES string of the molecule is CCn1cc(Cn2cnc3c(OC)c(OC)c(OC)cc3c2=O)cn1. The Bertz CT molecular complexity index is 961. The first-order valence-electron chi connectivity index (χ1n) is 7.82. The first-order valence-corrected chi connectivity index (χ1v) is 7.82. The average molecular weight is 344 g/mol. The molecule has 0 bridgehead atoms. The zero-order chi connectivity index (χ0) is 18.0. The Morgan fingerprint density at radius 3 is 2.48 bits per heavy atom. The Kier molecular flexibility index (Phi) is 4.60. The molecule has 0 aliphatic rings. The van der Waals surface area contributed by atoms with Crippen LogP contribution in [0.1, 0.15) is 12.5 Å². The van der Waals surface area contributed by atoms with Crippen LogP contribution in [-0.4, -0.2) is 40.7 Å². The van der Waals surface area contributed by atoms with E-state index in [1.165, 1.54) is 32.2 Å². The van der Waals surface area contributed by atoms with E-state index in [9.17, 15) is 4.79 Å². The molecule has 2 heterocycles. The number of fused-ring (bicyclic) bond motifs is 1. The highest BCUT2D eigenvalue weighted by atomic mass is 16.5. The number of benzene rings is 1. The fourth-order valence-electron chi connectivity index (χ4n) is 2.74. The van der Waals surface area contributed by atoms with Crippen LogP contribution in [0.2, 0.25) is 0 Å². The minimum Gasteiger partial charge on any atom is -0.493 e. The Labute approximate surface area is 144 Å². The lowest BCUT2D eigenvalue weighted by molar-refractivity contribution is 0.326. The quantitative estimate of drug-likeness (QED) is 0.677. The monoisotopic (exact) mass is 344 g/mol. The van der Waals surface area contributed by atoms with Crippen molar-refractivity contribution >= 4 is 10.9 Å². The molecule has 25 heavy (non-hydrogen) atoms. The van der Waals surface area contributed by atoms with Crippen LogP contribution in [0.5, 0.6) is 17.2 Å². The third-order valence-corrected chi connectivity index (χ3v) is 3.98. The lowest BCUT2D eigenvalue weighted by Crippen LogP contribution is -2.21. The van der Waals surface area contributed by atoms with Gasteiger partial charge in [-0.25, -0.2) is 4.98 Å². The summed E-state index contributed by atoms with van der Waals surface area (Å²) in [6.45, 7) is 3.17. The van der Waals surface area contributed by atoms with Gasteiger partial charge in [0.05, 0.1) is 45.8 Å². The second-order valence-corrected chi connectivity index (χ2v) is 5.42. The maximum absolute atomic E-state index is 12.9. The van der Waals surface area contributed by atoms with Gasteiger partial charge >= 0.3 is 0 Å². The number of aryl methyl sites for hydroxylation is 1. The predicted octanol–water partition coefficient (Wildman–Crippen LogP) is 1.69. The number of hydrogen-bond acceptors (Lipinski definition) is 6. The van der Waals surface area contributed by atoms with Gasteiger partial charge in [-0.2, -0.15) is 5.10 Å². The van der Waals surface area contributed by atoms with E-state index < -0.39 is 0 Å². The zero-order valence-electron chi connectivity index (χ0n) is 14.6. The molecule has 0 fully saturated rings.